The molecule has 1 unspecified atom stereocenters. The Balaban J connectivity index is 1.82. The van der Waals surface area contributed by atoms with E-state index in [1.807, 2.05) is 30.3 Å². The van der Waals surface area contributed by atoms with Gasteiger partial charge in [-0.1, -0.05) is 35.9 Å². The lowest BCUT2D eigenvalue weighted by atomic mass is 10.0. The Kier molecular flexibility index (Phi) is 2.77. The first kappa shape index (κ1) is 11.0. The van der Waals surface area contributed by atoms with Crippen LogP contribution in [0.15, 0.2) is 36.4 Å². The molecule has 2 aromatic rings. The molecule has 3 heteroatoms. The van der Waals surface area contributed by atoms with Crippen LogP contribution in [0.5, 0.6) is 0 Å². The van der Waals surface area contributed by atoms with Gasteiger partial charge in [-0.15, -0.1) is 11.3 Å². The van der Waals surface area contributed by atoms with Gasteiger partial charge in [-0.25, -0.2) is 0 Å². The highest BCUT2D eigenvalue weighted by Gasteiger charge is 2.30. The van der Waals surface area contributed by atoms with E-state index >= 15 is 0 Å². The van der Waals surface area contributed by atoms with E-state index in [1.54, 1.807) is 11.3 Å². The molecule has 17 heavy (non-hydrogen) atoms. The summed E-state index contributed by atoms with van der Waals surface area (Å²) in [6.45, 7) is 0. The summed E-state index contributed by atoms with van der Waals surface area (Å²) in [5, 5.41) is 0. The van der Waals surface area contributed by atoms with Gasteiger partial charge in [0.1, 0.15) is 0 Å². The number of benzene rings is 1. The lowest BCUT2D eigenvalue weighted by molar-refractivity contribution is 0.0937. The number of hydrogen-bond acceptors (Lipinski definition) is 2. The number of rotatable bonds is 2. The van der Waals surface area contributed by atoms with E-state index < -0.39 is 0 Å². The van der Waals surface area contributed by atoms with Crippen molar-refractivity contribution in [3.05, 3.63) is 56.7 Å². The van der Waals surface area contributed by atoms with E-state index in [-0.39, 0.29) is 11.7 Å². The number of thiophene rings is 1. The fourth-order valence-electron chi connectivity index (χ4n) is 2.39. The Hall–Kier alpha value is -1.12. The lowest BCUT2D eigenvalue weighted by Gasteiger charge is -2.04. The van der Waals surface area contributed by atoms with Crippen molar-refractivity contribution >= 4 is 28.7 Å². The zero-order chi connectivity index (χ0) is 11.8. The Bertz CT molecular complexity index is 573. The molecule has 86 valence electrons. The second-order valence-electron chi connectivity index (χ2n) is 4.33. The fourth-order valence-corrected chi connectivity index (χ4v) is 3.55. The third-order valence-electron chi connectivity index (χ3n) is 3.20. The van der Waals surface area contributed by atoms with Crippen LogP contribution in [0.4, 0.5) is 0 Å². The first-order valence-corrected chi connectivity index (χ1v) is 6.80. The fraction of sp³-hybridized carbons (Fsp3) is 0.214. The van der Waals surface area contributed by atoms with Gasteiger partial charge < -0.3 is 0 Å². The van der Waals surface area contributed by atoms with Crippen LogP contribution in [0.2, 0.25) is 4.34 Å². The second-order valence-corrected chi connectivity index (χ2v) is 6.13. The molecule has 0 aliphatic heterocycles. The van der Waals surface area contributed by atoms with Crippen LogP contribution in [0.25, 0.3) is 0 Å². The molecule has 1 aliphatic carbocycles. The monoisotopic (exact) mass is 262 g/mol. The molecule has 0 amide bonds. The zero-order valence-electron chi connectivity index (χ0n) is 9.15. The largest absolute Gasteiger partial charge is 0.294 e. The Morgan fingerprint density at radius 3 is 2.76 bits per heavy atom. The summed E-state index contributed by atoms with van der Waals surface area (Å²) in [4.78, 5) is 13.4. The van der Waals surface area contributed by atoms with Gasteiger partial charge in [0.15, 0.2) is 5.78 Å². The molecule has 1 atom stereocenters. The molecule has 1 aromatic heterocycles. The molecule has 0 saturated heterocycles. The summed E-state index contributed by atoms with van der Waals surface area (Å²) in [7, 11) is 0. The van der Waals surface area contributed by atoms with Crippen LogP contribution in [0, 0.1) is 5.92 Å². The van der Waals surface area contributed by atoms with Gasteiger partial charge in [0.05, 0.1) is 4.34 Å². The molecule has 0 fully saturated rings. The normalized spacial score (nSPS) is 18.4. The average Bonchev–Trinajstić information content (AvgIpc) is 2.86. The van der Waals surface area contributed by atoms with Gasteiger partial charge in [0.25, 0.3) is 0 Å². The topological polar surface area (TPSA) is 17.1 Å². The Labute approximate surface area is 109 Å². The van der Waals surface area contributed by atoms with Gasteiger partial charge in [0, 0.05) is 16.4 Å². The molecular weight excluding hydrogens is 252 g/mol. The van der Waals surface area contributed by atoms with Gasteiger partial charge in [-0.2, -0.15) is 0 Å². The molecule has 1 heterocycles. The SMILES string of the molecule is O=C1c2ccccc2CC1Cc1ccc(Cl)s1. The predicted octanol–water partition coefficient (Wildman–Crippen LogP) is 4.00. The van der Waals surface area contributed by atoms with Crippen molar-refractivity contribution in [2.45, 2.75) is 12.8 Å². The molecular formula is C14H11ClOS. The molecule has 0 radical (unpaired) electrons. The Morgan fingerprint density at radius 2 is 2.06 bits per heavy atom. The molecule has 0 spiro atoms. The van der Waals surface area contributed by atoms with E-state index in [2.05, 4.69) is 6.07 Å². The van der Waals surface area contributed by atoms with Crippen molar-refractivity contribution < 1.29 is 4.79 Å². The highest BCUT2D eigenvalue weighted by molar-refractivity contribution is 7.16. The van der Waals surface area contributed by atoms with E-state index in [9.17, 15) is 4.79 Å². The zero-order valence-corrected chi connectivity index (χ0v) is 10.7. The summed E-state index contributed by atoms with van der Waals surface area (Å²) in [6, 6.07) is 11.8. The van der Waals surface area contributed by atoms with E-state index in [0.717, 1.165) is 22.7 Å². The van der Waals surface area contributed by atoms with Crippen molar-refractivity contribution in [1.82, 2.24) is 0 Å². The van der Waals surface area contributed by atoms with E-state index in [1.165, 1.54) is 10.4 Å². The summed E-state index contributed by atoms with van der Waals surface area (Å²) in [5.41, 5.74) is 2.09. The lowest BCUT2D eigenvalue weighted by Crippen LogP contribution is -2.11. The second kappa shape index (κ2) is 4.28. The summed E-state index contributed by atoms with van der Waals surface area (Å²) in [5.74, 6) is 0.382. The highest BCUT2D eigenvalue weighted by atomic mass is 35.5. The van der Waals surface area contributed by atoms with Gasteiger partial charge in [-0.05, 0) is 30.5 Å². The van der Waals surface area contributed by atoms with Crippen LogP contribution < -0.4 is 0 Å². The first-order chi connectivity index (χ1) is 8.24. The van der Waals surface area contributed by atoms with Crippen LogP contribution in [-0.4, -0.2) is 5.78 Å². The molecule has 3 rings (SSSR count). The predicted molar refractivity (Wildman–Crippen MR) is 71.0 cm³/mol. The number of carbonyl (C=O) groups excluding carboxylic acids is 1. The molecule has 0 saturated carbocycles. The number of carbonyl (C=O) groups is 1. The molecule has 0 N–H and O–H groups in total. The number of hydrogen-bond donors (Lipinski definition) is 0. The minimum absolute atomic E-state index is 0.0992. The van der Waals surface area contributed by atoms with Crippen molar-refractivity contribution in [1.29, 1.82) is 0 Å². The third-order valence-corrected chi connectivity index (χ3v) is 4.45. The number of halogens is 1. The van der Waals surface area contributed by atoms with Gasteiger partial charge in [-0.3, -0.25) is 4.79 Å². The first-order valence-electron chi connectivity index (χ1n) is 5.60. The van der Waals surface area contributed by atoms with E-state index in [0.29, 0.717) is 0 Å². The smallest absolute Gasteiger partial charge is 0.166 e. The van der Waals surface area contributed by atoms with Crippen molar-refractivity contribution in [3.8, 4) is 0 Å². The molecule has 1 aliphatic rings. The van der Waals surface area contributed by atoms with E-state index in [4.69, 9.17) is 11.6 Å². The van der Waals surface area contributed by atoms with Crippen molar-refractivity contribution in [3.63, 3.8) is 0 Å². The molecule has 1 aromatic carbocycles. The average molecular weight is 263 g/mol. The Morgan fingerprint density at radius 1 is 1.24 bits per heavy atom. The van der Waals surface area contributed by atoms with Crippen molar-refractivity contribution in [2.75, 3.05) is 0 Å². The maximum absolute atomic E-state index is 12.2. The summed E-state index contributed by atoms with van der Waals surface area (Å²) in [6.07, 6.45) is 1.68. The van der Waals surface area contributed by atoms with Gasteiger partial charge in [0.2, 0.25) is 0 Å². The van der Waals surface area contributed by atoms with Crippen LogP contribution in [0.1, 0.15) is 20.8 Å². The van der Waals surface area contributed by atoms with Gasteiger partial charge >= 0.3 is 0 Å². The minimum atomic E-state index is 0.0992. The number of ketones is 1. The minimum Gasteiger partial charge on any atom is -0.294 e. The summed E-state index contributed by atoms with van der Waals surface area (Å²) < 4.78 is 0.794. The summed E-state index contributed by atoms with van der Waals surface area (Å²) >= 11 is 7.47. The van der Waals surface area contributed by atoms with Crippen LogP contribution >= 0.6 is 22.9 Å². The standard InChI is InChI=1S/C14H11ClOS/c15-13-6-5-11(17-13)8-10-7-9-3-1-2-4-12(9)14(10)16/h1-6,10H,7-8H2. The van der Waals surface area contributed by atoms with Crippen LogP contribution in [-0.2, 0) is 12.8 Å². The molecule has 0 bridgehead atoms. The number of Topliss-reactive ketones (excluding diaryl/α,β-unsaturated/α-hetero) is 1. The maximum Gasteiger partial charge on any atom is 0.166 e. The molecule has 1 nitrogen and oxygen atoms in total. The third kappa shape index (κ3) is 2.03. The maximum atomic E-state index is 12.2. The van der Waals surface area contributed by atoms with Crippen molar-refractivity contribution in [2.24, 2.45) is 5.92 Å². The number of fused-ring (bicyclic) bond motifs is 1. The van der Waals surface area contributed by atoms with Crippen LogP contribution in [0.3, 0.4) is 0 Å². The quantitative estimate of drug-likeness (QED) is 0.800. The highest BCUT2D eigenvalue weighted by Crippen LogP contribution is 2.31.